The van der Waals surface area contributed by atoms with Crippen molar-refractivity contribution in [3.8, 4) is 0 Å². The molecule has 1 aromatic heterocycles. The van der Waals surface area contributed by atoms with Gasteiger partial charge in [-0.3, -0.25) is 19.3 Å². The van der Waals surface area contributed by atoms with Gasteiger partial charge in [0.05, 0.1) is 16.6 Å². The van der Waals surface area contributed by atoms with E-state index in [0.29, 0.717) is 42.9 Å². The van der Waals surface area contributed by atoms with Crippen molar-refractivity contribution in [3.63, 3.8) is 0 Å². The topological polar surface area (TPSA) is 73.8 Å². The maximum absolute atomic E-state index is 13.3. The zero-order valence-electron chi connectivity index (χ0n) is 20.6. The standard InChI is InChI=1S/C29H30N4O3/c1-19-17-26(30-25-10-6-5-9-22(19)25)31-13-15-32(16-14-31)27(34)20-11-12-23-24(18-20)29(36)33(28(23)35)21-7-3-2-4-8-21/h5-6,9-12,17-18,21H,2-4,7-8,13-16H2,1H3. The third kappa shape index (κ3) is 3.83. The van der Waals surface area contributed by atoms with Crippen LogP contribution < -0.4 is 4.90 Å². The molecule has 3 amide bonds. The first-order chi connectivity index (χ1) is 17.5. The second-order valence-electron chi connectivity index (χ2n) is 10.1. The Labute approximate surface area is 210 Å². The van der Waals surface area contributed by atoms with E-state index in [0.717, 1.165) is 48.8 Å². The number of benzene rings is 2. The summed E-state index contributed by atoms with van der Waals surface area (Å²) in [4.78, 5) is 49.8. The van der Waals surface area contributed by atoms with Crippen molar-refractivity contribution in [1.82, 2.24) is 14.8 Å². The van der Waals surface area contributed by atoms with Gasteiger partial charge >= 0.3 is 0 Å². The molecule has 1 saturated carbocycles. The lowest BCUT2D eigenvalue weighted by atomic mass is 9.94. The van der Waals surface area contributed by atoms with Crippen LogP contribution in [0.4, 0.5) is 5.82 Å². The fourth-order valence-corrected chi connectivity index (χ4v) is 5.88. The predicted octanol–water partition coefficient (Wildman–Crippen LogP) is 4.43. The molecule has 7 nitrogen and oxygen atoms in total. The highest BCUT2D eigenvalue weighted by Crippen LogP contribution is 2.32. The van der Waals surface area contributed by atoms with Gasteiger partial charge in [0.1, 0.15) is 5.82 Å². The largest absolute Gasteiger partial charge is 0.353 e. The predicted molar refractivity (Wildman–Crippen MR) is 138 cm³/mol. The van der Waals surface area contributed by atoms with Crippen LogP contribution in [0.25, 0.3) is 10.9 Å². The van der Waals surface area contributed by atoms with Gasteiger partial charge in [0.15, 0.2) is 0 Å². The second kappa shape index (κ2) is 9.04. The molecule has 2 aromatic carbocycles. The minimum atomic E-state index is -0.251. The zero-order chi connectivity index (χ0) is 24.8. The van der Waals surface area contributed by atoms with Crippen LogP contribution in [0, 0.1) is 6.92 Å². The van der Waals surface area contributed by atoms with Gasteiger partial charge in [-0.1, -0.05) is 37.5 Å². The first-order valence-electron chi connectivity index (χ1n) is 12.9. The first-order valence-corrected chi connectivity index (χ1v) is 12.9. The Balaban J connectivity index is 1.16. The molecular formula is C29H30N4O3. The molecular weight excluding hydrogens is 452 g/mol. The van der Waals surface area contributed by atoms with Crippen molar-refractivity contribution in [2.75, 3.05) is 31.1 Å². The van der Waals surface area contributed by atoms with Gasteiger partial charge in [-0.15, -0.1) is 0 Å². The molecule has 0 radical (unpaired) electrons. The summed E-state index contributed by atoms with van der Waals surface area (Å²) >= 11 is 0. The minimum Gasteiger partial charge on any atom is -0.353 e. The number of piperazine rings is 1. The van der Waals surface area contributed by atoms with Crippen molar-refractivity contribution in [3.05, 3.63) is 70.8 Å². The zero-order valence-corrected chi connectivity index (χ0v) is 20.6. The highest BCUT2D eigenvalue weighted by molar-refractivity contribution is 6.22. The van der Waals surface area contributed by atoms with E-state index in [9.17, 15) is 14.4 Å². The summed E-state index contributed by atoms with van der Waals surface area (Å²) in [5.41, 5.74) is 3.42. The summed E-state index contributed by atoms with van der Waals surface area (Å²) in [6.45, 7) is 4.63. The molecule has 2 fully saturated rings. The minimum absolute atomic E-state index is 0.0225. The van der Waals surface area contributed by atoms with Crippen molar-refractivity contribution in [2.45, 2.75) is 45.1 Å². The average molecular weight is 483 g/mol. The number of pyridine rings is 1. The summed E-state index contributed by atoms with van der Waals surface area (Å²) < 4.78 is 0. The van der Waals surface area contributed by atoms with Crippen LogP contribution in [-0.4, -0.2) is 64.7 Å². The summed E-state index contributed by atoms with van der Waals surface area (Å²) in [5, 5.41) is 1.15. The van der Waals surface area contributed by atoms with E-state index in [-0.39, 0.29) is 23.8 Å². The van der Waals surface area contributed by atoms with E-state index < -0.39 is 0 Å². The summed E-state index contributed by atoms with van der Waals surface area (Å²) in [5.74, 6) is 0.367. The molecule has 3 aromatic rings. The summed E-state index contributed by atoms with van der Waals surface area (Å²) in [6.07, 6.45) is 4.98. The van der Waals surface area contributed by atoms with Gasteiger partial charge in [0.2, 0.25) is 0 Å². The molecule has 1 saturated heterocycles. The van der Waals surface area contributed by atoms with E-state index in [1.54, 1.807) is 18.2 Å². The Hall–Kier alpha value is -3.74. The van der Waals surface area contributed by atoms with E-state index in [4.69, 9.17) is 4.98 Å². The van der Waals surface area contributed by atoms with Crippen LogP contribution in [0.1, 0.15) is 68.7 Å². The molecule has 36 heavy (non-hydrogen) atoms. The highest BCUT2D eigenvalue weighted by Gasteiger charge is 2.40. The molecule has 184 valence electrons. The number of aromatic nitrogens is 1. The third-order valence-electron chi connectivity index (χ3n) is 7.91. The monoisotopic (exact) mass is 482 g/mol. The highest BCUT2D eigenvalue weighted by atomic mass is 16.2. The lowest BCUT2D eigenvalue weighted by Gasteiger charge is -2.35. The molecule has 0 N–H and O–H groups in total. The van der Waals surface area contributed by atoms with Crippen molar-refractivity contribution in [2.24, 2.45) is 0 Å². The fraction of sp³-hybridized carbons (Fsp3) is 0.379. The van der Waals surface area contributed by atoms with Crippen molar-refractivity contribution >= 4 is 34.4 Å². The Morgan fingerprint density at radius 1 is 0.861 bits per heavy atom. The quantitative estimate of drug-likeness (QED) is 0.516. The smallest absolute Gasteiger partial charge is 0.261 e. The molecule has 0 bridgehead atoms. The lowest BCUT2D eigenvalue weighted by Crippen LogP contribution is -2.49. The number of imide groups is 1. The number of carbonyl (C=O) groups is 3. The number of hydrogen-bond acceptors (Lipinski definition) is 5. The molecule has 0 unspecified atom stereocenters. The Kier molecular flexibility index (Phi) is 5.70. The number of amides is 3. The molecule has 7 heteroatoms. The van der Waals surface area contributed by atoms with Crippen LogP contribution in [0.15, 0.2) is 48.5 Å². The average Bonchev–Trinajstić information content (AvgIpc) is 3.17. The number of nitrogens with zero attached hydrogens (tertiary/aromatic N) is 4. The van der Waals surface area contributed by atoms with Gasteiger partial charge in [-0.25, -0.2) is 4.98 Å². The molecule has 6 rings (SSSR count). The maximum atomic E-state index is 13.3. The van der Waals surface area contributed by atoms with Gasteiger partial charge in [0.25, 0.3) is 17.7 Å². The lowest BCUT2D eigenvalue weighted by molar-refractivity contribution is 0.0548. The van der Waals surface area contributed by atoms with Gasteiger partial charge < -0.3 is 9.80 Å². The number of anilines is 1. The second-order valence-corrected chi connectivity index (χ2v) is 10.1. The van der Waals surface area contributed by atoms with Crippen LogP contribution in [0.3, 0.4) is 0 Å². The van der Waals surface area contributed by atoms with Crippen LogP contribution in [0.5, 0.6) is 0 Å². The molecule has 0 atom stereocenters. The Morgan fingerprint density at radius 3 is 2.36 bits per heavy atom. The number of aryl methyl sites for hydroxylation is 1. The first kappa shape index (κ1) is 22.7. The van der Waals surface area contributed by atoms with E-state index in [1.165, 1.54) is 10.5 Å². The molecule has 3 aliphatic rings. The summed E-state index contributed by atoms with van der Waals surface area (Å²) in [6, 6.07) is 15.2. The fourth-order valence-electron chi connectivity index (χ4n) is 5.88. The van der Waals surface area contributed by atoms with E-state index in [1.807, 2.05) is 23.1 Å². The normalized spacial score (nSPS) is 18.8. The number of hydrogen-bond donors (Lipinski definition) is 0. The molecule has 3 heterocycles. The number of para-hydroxylation sites is 1. The van der Waals surface area contributed by atoms with E-state index in [2.05, 4.69) is 24.0 Å². The van der Waals surface area contributed by atoms with Crippen molar-refractivity contribution in [1.29, 1.82) is 0 Å². The SMILES string of the molecule is Cc1cc(N2CCN(C(=O)c3ccc4c(c3)C(=O)N(C3CCCCC3)C4=O)CC2)nc2ccccc12. The van der Waals surface area contributed by atoms with Crippen molar-refractivity contribution < 1.29 is 14.4 Å². The van der Waals surface area contributed by atoms with E-state index >= 15 is 0 Å². The van der Waals surface area contributed by atoms with Gasteiger partial charge in [-0.2, -0.15) is 0 Å². The Morgan fingerprint density at radius 2 is 1.58 bits per heavy atom. The van der Waals surface area contributed by atoms with Crippen LogP contribution in [0.2, 0.25) is 0 Å². The maximum Gasteiger partial charge on any atom is 0.261 e. The van der Waals surface area contributed by atoms with Crippen LogP contribution >= 0.6 is 0 Å². The van der Waals surface area contributed by atoms with Gasteiger partial charge in [0, 0.05) is 43.2 Å². The molecule has 1 aliphatic carbocycles. The molecule has 2 aliphatic heterocycles. The molecule has 0 spiro atoms. The number of fused-ring (bicyclic) bond motifs is 2. The third-order valence-corrected chi connectivity index (χ3v) is 7.91. The Bertz CT molecular complexity index is 1370. The van der Waals surface area contributed by atoms with Gasteiger partial charge in [-0.05, 0) is 55.7 Å². The summed E-state index contributed by atoms with van der Waals surface area (Å²) in [7, 11) is 0. The number of carbonyl (C=O) groups excluding carboxylic acids is 3. The van der Waals surface area contributed by atoms with Crippen LogP contribution in [-0.2, 0) is 0 Å². The number of rotatable bonds is 3.